The van der Waals surface area contributed by atoms with Crippen LogP contribution in [0.25, 0.3) is 76.8 Å². The van der Waals surface area contributed by atoms with Crippen molar-refractivity contribution < 1.29 is 5.48 Å². The van der Waals surface area contributed by atoms with Crippen LogP contribution in [-0.4, -0.2) is 0 Å². The van der Waals surface area contributed by atoms with Crippen LogP contribution in [0.15, 0.2) is 170 Å². The van der Waals surface area contributed by atoms with Crippen molar-refractivity contribution in [1.29, 1.82) is 0 Å². The Morgan fingerprint density at radius 3 is 1.69 bits per heavy atom. The van der Waals surface area contributed by atoms with E-state index in [4.69, 9.17) is 5.48 Å². The first-order chi connectivity index (χ1) is 22.5. The van der Waals surface area contributed by atoms with Gasteiger partial charge in [0.25, 0.3) is 0 Å². The number of hydrogen-bond donors (Lipinski definition) is 0. The summed E-state index contributed by atoms with van der Waals surface area (Å²) in [5, 5.41) is 6.76. The van der Waals surface area contributed by atoms with Gasteiger partial charge in [-0.25, -0.2) is 0 Å². The zero-order valence-corrected chi connectivity index (χ0v) is 22.9. The van der Waals surface area contributed by atoms with Crippen molar-refractivity contribution in [3.05, 3.63) is 170 Å². The van der Waals surface area contributed by atoms with Gasteiger partial charge >= 0.3 is 0 Å². The van der Waals surface area contributed by atoms with Gasteiger partial charge in [0.1, 0.15) is 0 Å². The maximum atomic E-state index is 8.76. The summed E-state index contributed by atoms with van der Waals surface area (Å²) in [7, 11) is 0. The Balaban J connectivity index is 1.45. The van der Waals surface area contributed by atoms with Gasteiger partial charge in [-0.3, -0.25) is 0 Å². The van der Waals surface area contributed by atoms with Gasteiger partial charge in [0.05, 0.1) is 5.48 Å². The van der Waals surface area contributed by atoms with Gasteiger partial charge in [0.15, 0.2) is 0 Å². The zero-order chi connectivity index (χ0) is 31.4. The number of benzene rings is 8. The molecule has 0 amide bonds. The smallest absolute Gasteiger partial charge is 0.0622 e. The first-order valence-corrected chi connectivity index (χ1v) is 14.2. The molecule has 0 atom stereocenters. The van der Waals surface area contributed by atoms with E-state index in [0.717, 1.165) is 43.8 Å². The molecule has 0 aliphatic heterocycles. The van der Waals surface area contributed by atoms with Crippen molar-refractivity contribution in [2.24, 2.45) is 0 Å². The second-order valence-corrected chi connectivity index (χ2v) is 10.6. The molecule has 0 unspecified atom stereocenters. The van der Waals surface area contributed by atoms with Crippen molar-refractivity contribution in [3.63, 3.8) is 0 Å². The number of rotatable bonds is 4. The largest absolute Gasteiger partial charge is 0.0629 e. The van der Waals surface area contributed by atoms with Crippen LogP contribution in [0.4, 0.5) is 0 Å². The van der Waals surface area contributed by atoms with Gasteiger partial charge in [-0.15, -0.1) is 0 Å². The maximum Gasteiger partial charge on any atom is 0.0629 e. The first-order valence-electron chi connectivity index (χ1n) is 16.2. The number of fused-ring (bicyclic) bond motifs is 3. The monoisotopic (exact) mass is 536 g/mol. The second-order valence-electron chi connectivity index (χ2n) is 10.6. The summed E-state index contributed by atoms with van der Waals surface area (Å²) in [6, 6.07) is 49.6. The van der Waals surface area contributed by atoms with Crippen molar-refractivity contribution in [2.45, 2.75) is 0 Å². The lowest BCUT2D eigenvalue weighted by Gasteiger charge is -2.20. The van der Waals surface area contributed by atoms with Crippen LogP contribution in [-0.2, 0) is 0 Å². The van der Waals surface area contributed by atoms with Crippen LogP contribution in [0.5, 0.6) is 0 Å². The van der Waals surface area contributed by atoms with Crippen LogP contribution in [0.3, 0.4) is 0 Å². The van der Waals surface area contributed by atoms with Crippen molar-refractivity contribution >= 4 is 32.3 Å². The van der Waals surface area contributed by atoms with Gasteiger partial charge in [-0.1, -0.05) is 164 Å². The third-order valence-corrected chi connectivity index (χ3v) is 8.20. The summed E-state index contributed by atoms with van der Waals surface area (Å²) in [5.74, 6) is 0. The maximum absolute atomic E-state index is 8.76. The number of hydrogen-bond acceptors (Lipinski definition) is 0. The van der Waals surface area contributed by atoms with E-state index >= 15 is 0 Å². The molecule has 0 heteroatoms. The lowest BCUT2D eigenvalue weighted by Crippen LogP contribution is -1.93. The van der Waals surface area contributed by atoms with Crippen molar-refractivity contribution in [2.75, 3.05) is 0 Å². The first kappa shape index (κ1) is 20.4. The van der Waals surface area contributed by atoms with Gasteiger partial charge in [-0.05, 0) is 82.9 Å². The summed E-state index contributed by atoms with van der Waals surface area (Å²) < 4.78 is 33.9. The molecule has 0 radical (unpaired) electrons. The van der Waals surface area contributed by atoms with E-state index in [1.54, 1.807) is 0 Å². The Bertz CT molecular complexity index is 2410. The van der Waals surface area contributed by atoms with Gasteiger partial charge in [-0.2, -0.15) is 0 Å². The molecule has 0 fully saturated rings. The summed E-state index contributed by atoms with van der Waals surface area (Å²) in [6.07, 6.45) is 0. The van der Waals surface area contributed by atoms with Gasteiger partial charge in [0, 0.05) is 0 Å². The molecule has 196 valence electrons. The Labute approximate surface area is 251 Å². The molecular weight excluding hydrogens is 504 g/mol. The summed E-state index contributed by atoms with van der Waals surface area (Å²) in [4.78, 5) is 0. The molecule has 0 saturated heterocycles. The summed E-state index contributed by atoms with van der Waals surface area (Å²) in [6.45, 7) is 0. The molecule has 42 heavy (non-hydrogen) atoms. The molecule has 0 bridgehead atoms. The van der Waals surface area contributed by atoms with E-state index in [0.29, 0.717) is 11.1 Å². The lowest BCUT2D eigenvalue weighted by atomic mass is 9.83. The van der Waals surface area contributed by atoms with Gasteiger partial charge in [0.2, 0.25) is 0 Å². The molecule has 0 heterocycles. The molecule has 0 aliphatic rings. The van der Waals surface area contributed by atoms with E-state index in [1.807, 2.05) is 30.3 Å². The fourth-order valence-electron chi connectivity index (χ4n) is 6.37. The van der Waals surface area contributed by atoms with Crippen LogP contribution < -0.4 is 0 Å². The molecule has 8 rings (SSSR count). The minimum Gasteiger partial charge on any atom is -0.0622 e. The standard InChI is InChI=1S/C42H28/c1-3-14-29(15-4-1)33-19-7-8-20-35(33)42-38-23-11-9-21-36(38)41(37-22-10-12-24-39(37)42)32-27-26-31-18-13-25-34(40(31)28-32)30-16-5-2-6-17-30/h1-28H/i1D,3D,14D,15D. The molecule has 0 aliphatic carbocycles. The van der Waals surface area contributed by atoms with Crippen LogP contribution >= 0.6 is 0 Å². The highest BCUT2D eigenvalue weighted by molar-refractivity contribution is 6.22. The second kappa shape index (κ2) is 10.2. The van der Waals surface area contributed by atoms with Crippen LogP contribution in [0, 0.1) is 0 Å². The van der Waals surface area contributed by atoms with Crippen molar-refractivity contribution in [3.8, 4) is 44.5 Å². The zero-order valence-electron chi connectivity index (χ0n) is 26.9. The van der Waals surface area contributed by atoms with E-state index in [2.05, 4.69) is 109 Å². The third-order valence-electron chi connectivity index (χ3n) is 8.20. The SMILES string of the molecule is [2H]c1cc([2H])c(-c2ccccc2-c2c3ccccc3c(-c3ccc4cccc(-c5ccccc5)c4c3)c3ccccc23)c([2H])c1[2H]. The van der Waals surface area contributed by atoms with Crippen LogP contribution in [0.2, 0.25) is 0 Å². The molecule has 0 N–H and O–H groups in total. The summed E-state index contributed by atoms with van der Waals surface area (Å²) >= 11 is 0. The third kappa shape index (κ3) is 4.00. The van der Waals surface area contributed by atoms with E-state index < -0.39 is 0 Å². The van der Waals surface area contributed by atoms with E-state index in [1.165, 1.54) is 28.0 Å². The molecule has 0 aromatic heterocycles. The predicted octanol–water partition coefficient (Wildman–Crippen LogP) is 11.8. The molecule has 8 aromatic rings. The average Bonchev–Trinajstić information content (AvgIpc) is 3.10. The minimum absolute atomic E-state index is 0.0778. The van der Waals surface area contributed by atoms with Crippen molar-refractivity contribution in [1.82, 2.24) is 0 Å². The normalized spacial score (nSPS) is 12.7. The highest BCUT2D eigenvalue weighted by atomic mass is 14.2. The van der Waals surface area contributed by atoms with Crippen LogP contribution in [0.1, 0.15) is 5.48 Å². The topological polar surface area (TPSA) is 0 Å². The van der Waals surface area contributed by atoms with E-state index in [-0.39, 0.29) is 24.2 Å². The fourth-order valence-corrected chi connectivity index (χ4v) is 6.37. The molecule has 8 aromatic carbocycles. The van der Waals surface area contributed by atoms with E-state index in [9.17, 15) is 0 Å². The lowest BCUT2D eigenvalue weighted by molar-refractivity contribution is 1.61. The average molecular weight is 537 g/mol. The Hall–Kier alpha value is -5.46. The Kier molecular flexibility index (Phi) is 4.95. The Morgan fingerprint density at radius 2 is 0.952 bits per heavy atom. The summed E-state index contributed by atoms with van der Waals surface area (Å²) in [5.41, 5.74) is 7.68. The fraction of sp³-hybridized carbons (Fsp3) is 0. The van der Waals surface area contributed by atoms with Gasteiger partial charge < -0.3 is 0 Å². The predicted molar refractivity (Wildman–Crippen MR) is 181 cm³/mol. The molecule has 0 saturated carbocycles. The molecular formula is C42H28. The molecule has 0 nitrogen and oxygen atoms in total. The quantitative estimate of drug-likeness (QED) is 0.196. The minimum atomic E-state index is -0.169. The highest BCUT2D eigenvalue weighted by Gasteiger charge is 2.19. The Morgan fingerprint density at radius 1 is 0.333 bits per heavy atom. The molecule has 0 spiro atoms. The highest BCUT2D eigenvalue weighted by Crippen LogP contribution is 2.46.